The van der Waals surface area contributed by atoms with Crippen LogP contribution in [0.15, 0.2) is 55.0 Å². The van der Waals surface area contributed by atoms with E-state index in [-0.39, 0.29) is 5.82 Å². The molecular weight excluding hydrogens is 529 g/mol. The summed E-state index contributed by atoms with van der Waals surface area (Å²) in [6.07, 6.45) is 8.45. The smallest absolute Gasteiger partial charge is 0.228 e. The summed E-state index contributed by atoms with van der Waals surface area (Å²) in [5.41, 5.74) is 11.7. The summed E-state index contributed by atoms with van der Waals surface area (Å²) in [6.45, 7) is 6.52. The number of nitrogens with two attached hydrogens (primary N) is 1. The first-order valence-corrected chi connectivity index (χ1v) is 14.8. The Balaban J connectivity index is 1.12. The number of hydrogen-bond acceptors (Lipinski definition) is 8. The van der Waals surface area contributed by atoms with Crippen molar-refractivity contribution in [2.45, 2.75) is 44.7 Å². The van der Waals surface area contributed by atoms with Crippen molar-refractivity contribution in [1.29, 1.82) is 0 Å². The van der Waals surface area contributed by atoms with Gasteiger partial charge in [0, 0.05) is 61.1 Å². The molecule has 1 saturated heterocycles. The predicted molar refractivity (Wildman–Crippen MR) is 165 cm³/mol. The number of hydrogen-bond donors (Lipinski definition) is 2. The van der Waals surface area contributed by atoms with Crippen LogP contribution in [0.5, 0.6) is 0 Å². The first kappa shape index (κ1) is 26.7. The van der Waals surface area contributed by atoms with E-state index in [1.54, 1.807) is 12.4 Å². The Bertz CT molecular complexity index is 1730. The van der Waals surface area contributed by atoms with E-state index in [0.717, 1.165) is 59.5 Å². The van der Waals surface area contributed by atoms with Crippen LogP contribution in [0.4, 0.5) is 21.8 Å². The highest BCUT2D eigenvalue weighted by Crippen LogP contribution is 2.39. The molecule has 42 heavy (non-hydrogen) atoms. The third kappa shape index (κ3) is 5.05. The van der Waals surface area contributed by atoms with Crippen LogP contribution < -0.4 is 11.1 Å². The van der Waals surface area contributed by atoms with Crippen molar-refractivity contribution in [3.8, 4) is 11.1 Å². The molecule has 0 unspecified atom stereocenters. The average Bonchev–Trinajstić information content (AvgIpc) is 3.40. The van der Waals surface area contributed by atoms with E-state index in [1.807, 2.05) is 19.1 Å². The van der Waals surface area contributed by atoms with Gasteiger partial charge in [-0.2, -0.15) is 0 Å². The number of fused-ring (bicyclic) bond motifs is 2. The Hall–Kier alpha value is -4.15. The summed E-state index contributed by atoms with van der Waals surface area (Å²) >= 11 is 0. The van der Waals surface area contributed by atoms with Crippen LogP contribution in [0, 0.1) is 12.7 Å². The first-order chi connectivity index (χ1) is 20.4. The molecular formula is C32H36FN9. The van der Waals surface area contributed by atoms with Crippen LogP contribution in [0.25, 0.3) is 33.1 Å². The van der Waals surface area contributed by atoms with Gasteiger partial charge in [0.15, 0.2) is 0 Å². The molecule has 5 aromatic rings. The summed E-state index contributed by atoms with van der Waals surface area (Å²) in [5, 5.41) is 4.90. The zero-order chi connectivity index (χ0) is 28.8. The standard InChI is InChI=1S/C32H36FN9/c1-20-26-17-22(33)5-12-28(26)39-32(37-20)38-23-6-3-21(4-7-23)27-18-42(31-29(27)30(34)35-19-36-31)25-10-8-24(9-11-25)41-15-13-40(2)14-16-41/h3-7,12,17-19,24-25H,8-11,13-16H2,1-2H3,(H2,34,35,36)(H,37,38,39)/t24-,25-. The van der Waals surface area contributed by atoms with Crippen molar-refractivity contribution in [1.82, 2.24) is 34.3 Å². The van der Waals surface area contributed by atoms with Crippen molar-refractivity contribution in [3.05, 3.63) is 66.5 Å². The van der Waals surface area contributed by atoms with E-state index in [0.29, 0.717) is 34.8 Å². The molecule has 216 valence electrons. The Morgan fingerprint density at radius 2 is 1.64 bits per heavy atom. The molecule has 10 heteroatoms. The van der Waals surface area contributed by atoms with Gasteiger partial charge in [0.05, 0.1) is 16.6 Å². The summed E-state index contributed by atoms with van der Waals surface area (Å²) in [6, 6.07) is 13.8. The highest BCUT2D eigenvalue weighted by Gasteiger charge is 2.30. The molecule has 2 aromatic carbocycles. The van der Waals surface area contributed by atoms with Gasteiger partial charge in [-0.05, 0) is 75.5 Å². The van der Waals surface area contributed by atoms with E-state index in [9.17, 15) is 4.39 Å². The minimum atomic E-state index is -0.295. The number of nitrogen functional groups attached to an aromatic ring is 1. The minimum absolute atomic E-state index is 0.295. The Morgan fingerprint density at radius 1 is 0.905 bits per heavy atom. The van der Waals surface area contributed by atoms with Crippen molar-refractivity contribution >= 4 is 39.4 Å². The molecule has 0 spiro atoms. The summed E-state index contributed by atoms with van der Waals surface area (Å²) < 4.78 is 16.0. The summed E-state index contributed by atoms with van der Waals surface area (Å²) in [4.78, 5) is 23.2. The number of nitrogens with one attached hydrogen (secondary N) is 1. The van der Waals surface area contributed by atoms with E-state index in [1.165, 1.54) is 38.1 Å². The normalized spacial score (nSPS) is 20.4. The molecule has 7 rings (SSSR count). The number of nitrogens with zero attached hydrogens (tertiary/aromatic N) is 7. The van der Waals surface area contributed by atoms with Crippen LogP contribution in [-0.2, 0) is 0 Å². The molecule has 1 aliphatic carbocycles. The molecule has 0 atom stereocenters. The van der Waals surface area contributed by atoms with E-state index < -0.39 is 0 Å². The van der Waals surface area contributed by atoms with Crippen molar-refractivity contribution < 1.29 is 4.39 Å². The number of anilines is 3. The average molecular weight is 566 g/mol. The molecule has 0 bridgehead atoms. The Labute approximate surface area is 244 Å². The van der Waals surface area contributed by atoms with Gasteiger partial charge in [0.1, 0.15) is 23.6 Å². The van der Waals surface area contributed by atoms with Crippen LogP contribution in [-0.4, -0.2) is 73.6 Å². The third-order valence-electron chi connectivity index (χ3n) is 9.05. The molecule has 1 aliphatic heterocycles. The topological polar surface area (TPSA) is 101 Å². The fourth-order valence-corrected chi connectivity index (χ4v) is 6.67. The molecule has 9 nitrogen and oxygen atoms in total. The first-order valence-electron chi connectivity index (χ1n) is 14.8. The van der Waals surface area contributed by atoms with Gasteiger partial charge in [-0.3, -0.25) is 4.90 Å². The van der Waals surface area contributed by atoms with Crippen molar-refractivity contribution in [2.24, 2.45) is 0 Å². The maximum Gasteiger partial charge on any atom is 0.228 e. The lowest BCUT2D eigenvalue weighted by atomic mass is 9.89. The Kier molecular flexibility index (Phi) is 6.95. The second-order valence-electron chi connectivity index (χ2n) is 11.7. The van der Waals surface area contributed by atoms with Gasteiger partial charge in [-0.15, -0.1) is 0 Å². The number of likely N-dealkylation sites (N-methyl/N-ethyl adjacent to an activating group) is 1. The number of aryl methyl sites for hydroxylation is 1. The van der Waals surface area contributed by atoms with Gasteiger partial charge >= 0.3 is 0 Å². The molecule has 1 saturated carbocycles. The highest BCUT2D eigenvalue weighted by atomic mass is 19.1. The summed E-state index contributed by atoms with van der Waals surface area (Å²) in [5.74, 6) is 0.676. The third-order valence-corrected chi connectivity index (χ3v) is 9.05. The zero-order valence-electron chi connectivity index (χ0n) is 24.1. The van der Waals surface area contributed by atoms with Crippen LogP contribution >= 0.6 is 0 Å². The number of rotatable bonds is 5. The van der Waals surface area contributed by atoms with E-state index >= 15 is 0 Å². The number of piperazine rings is 1. The predicted octanol–water partition coefficient (Wildman–Crippen LogP) is 5.55. The van der Waals surface area contributed by atoms with E-state index in [2.05, 4.69) is 60.0 Å². The molecule has 2 fully saturated rings. The van der Waals surface area contributed by atoms with Gasteiger partial charge in [0.25, 0.3) is 0 Å². The maximum atomic E-state index is 13.7. The Morgan fingerprint density at radius 3 is 2.40 bits per heavy atom. The molecule has 0 amide bonds. The van der Waals surface area contributed by atoms with Gasteiger partial charge in [-0.1, -0.05) is 12.1 Å². The maximum absolute atomic E-state index is 13.7. The van der Waals surface area contributed by atoms with Gasteiger partial charge in [0.2, 0.25) is 5.95 Å². The molecule has 0 radical (unpaired) electrons. The van der Waals surface area contributed by atoms with Gasteiger partial charge < -0.3 is 20.5 Å². The minimum Gasteiger partial charge on any atom is -0.383 e. The molecule has 3 N–H and O–H groups in total. The molecule has 4 heterocycles. The quantitative estimate of drug-likeness (QED) is 0.286. The number of halogens is 1. The lowest BCUT2D eigenvalue weighted by molar-refractivity contribution is 0.0828. The van der Waals surface area contributed by atoms with Crippen LogP contribution in [0.1, 0.15) is 37.4 Å². The van der Waals surface area contributed by atoms with Crippen LogP contribution in [0.2, 0.25) is 0 Å². The van der Waals surface area contributed by atoms with Gasteiger partial charge in [-0.25, -0.2) is 24.3 Å². The monoisotopic (exact) mass is 565 g/mol. The molecule has 2 aliphatic rings. The summed E-state index contributed by atoms with van der Waals surface area (Å²) in [7, 11) is 2.21. The highest BCUT2D eigenvalue weighted by molar-refractivity contribution is 6.00. The van der Waals surface area contributed by atoms with Crippen molar-refractivity contribution in [3.63, 3.8) is 0 Å². The second-order valence-corrected chi connectivity index (χ2v) is 11.7. The SMILES string of the molecule is Cc1nc(Nc2ccc(-c3cn([C@H]4CC[C@H](N5CCN(C)CC5)CC4)c4ncnc(N)c34)cc2)nc2ccc(F)cc12. The second kappa shape index (κ2) is 10.9. The molecule has 3 aromatic heterocycles. The van der Waals surface area contributed by atoms with Crippen LogP contribution in [0.3, 0.4) is 0 Å². The van der Waals surface area contributed by atoms with Crippen molar-refractivity contribution in [2.75, 3.05) is 44.3 Å². The lowest BCUT2D eigenvalue weighted by Gasteiger charge is -2.41. The number of aromatic nitrogens is 5. The lowest BCUT2D eigenvalue weighted by Crippen LogP contribution is -2.49. The zero-order valence-corrected chi connectivity index (χ0v) is 24.1. The van der Waals surface area contributed by atoms with E-state index in [4.69, 9.17) is 10.7 Å². The fourth-order valence-electron chi connectivity index (χ4n) is 6.67. The number of benzene rings is 2. The fraction of sp³-hybridized carbons (Fsp3) is 0.375. The largest absolute Gasteiger partial charge is 0.383 e.